The Bertz CT molecular complexity index is 1300. The Kier molecular flexibility index (Phi) is 6.86. The van der Waals surface area contributed by atoms with Gasteiger partial charge in [0, 0.05) is 30.2 Å². The molecule has 1 aliphatic rings. The number of carbonyl (C=O) groups excluding carboxylic acids is 1. The largest absolute Gasteiger partial charge is 0.316 e. The number of carbonyl (C=O) groups is 1. The van der Waals surface area contributed by atoms with Crippen LogP contribution in [0.4, 0.5) is 0 Å². The molecule has 4 rings (SSSR count). The summed E-state index contributed by atoms with van der Waals surface area (Å²) >= 11 is 7.54. The molecule has 32 heavy (non-hydrogen) atoms. The Morgan fingerprint density at radius 1 is 1.16 bits per heavy atom. The number of sulfonamides is 1. The summed E-state index contributed by atoms with van der Waals surface area (Å²) in [4.78, 5) is 18.0. The van der Waals surface area contributed by atoms with Crippen molar-refractivity contribution >= 4 is 49.1 Å². The third-order valence-electron chi connectivity index (χ3n) is 5.77. The van der Waals surface area contributed by atoms with Crippen molar-refractivity contribution in [2.75, 3.05) is 13.1 Å². The van der Waals surface area contributed by atoms with E-state index in [9.17, 15) is 13.2 Å². The van der Waals surface area contributed by atoms with Crippen molar-refractivity contribution < 1.29 is 13.2 Å². The zero-order valence-electron chi connectivity index (χ0n) is 18.1. The fraction of sp³-hybridized carbons (Fsp3) is 0.391. The fourth-order valence-electron chi connectivity index (χ4n) is 3.87. The lowest BCUT2D eigenvalue weighted by Gasteiger charge is -2.29. The Labute approximate surface area is 197 Å². The van der Waals surface area contributed by atoms with Crippen LogP contribution in [0.1, 0.15) is 43.5 Å². The minimum atomic E-state index is -3.55. The van der Waals surface area contributed by atoms with Gasteiger partial charge in [-0.3, -0.25) is 4.79 Å². The molecule has 1 saturated heterocycles. The highest BCUT2D eigenvalue weighted by Crippen LogP contribution is 2.24. The van der Waals surface area contributed by atoms with Crippen molar-refractivity contribution in [3.63, 3.8) is 0 Å². The number of amides is 1. The first-order valence-corrected chi connectivity index (χ1v) is 13.4. The average molecular weight is 492 g/mol. The number of aromatic nitrogens is 1. The van der Waals surface area contributed by atoms with E-state index in [-0.39, 0.29) is 4.90 Å². The summed E-state index contributed by atoms with van der Waals surface area (Å²) in [6.45, 7) is 6.02. The normalized spacial score (nSPS) is 16.7. The molecule has 2 aromatic carbocycles. The quantitative estimate of drug-likeness (QED) is 0.508. The molecule has 0 atom stereocenters. The molecular weight excluding hydrogens is 466 g/mol. The maximum Gasteiger partial charge on any atom is 0.279 e. The first-order valence-electron chi connectivity index (χ1n) is 10.8. The van der Waals surface area contributed by atoms with E-state index in [1.165, 1.54) is 27.8 Å². The van der Waals surface area contributed by atoms with Gasteiger partial charge in [0.25, 0.3) is 5.91 Å². The van der Waals surface area contributed by atoms with Crippen LogP contribution in [0.5, 0.6) is 0 Å². The van der Waals surface area contributed by atoms with Crippen molar-refractivity contribution in [3.05, 3.63) is 57.9 Å². The van der Waals surface area contributed by atoms with Crippen molar-refractivity contribution in [2.24, 2.45) is 10.9 Å². The lowest BCUT2D eigenvalue weighted by molar-refractivity contribution is 0.0997. The van der Waals surface area contributed by atoms with Crippen LogP contribution in [0.25, 0.3) is 10.2 Å². The molecular formula is C23H26ClN3O3S2. The molecule has 0 unspecified atom stereocenters. The van der Waals surface area contributed by atoms with Gasteiger partial charge in [-0.25, -0.2) is 8.42 Å². The van der Waals surface area contributed by atoms with Crippen LogP contribution >= 0.6 is 22.9 Å². The van der Waals surface area contributed by atoms with Gasteiger partial charge in [0.2, 0.25) is 10.0 Å². The summed E-state index contributed by atoms with van der Waals surface area (Å²) in [6, 6.07) is 11.7. The lowest BCUT2D eigenvalue weighted by atomic mass is 10.0. The van der Waals surface area contributed by atoms with Crippen LogP contribution in [0.3, 0.4) is 0 Å². The summed E-state index contributed by atoms with van der Waals surface area (Å²) in [5.41, 5.74) is 1.35. The number of thiazole rings is 1. The molecule has 0 radical (unpaired) electrons. The standard InChI is InChI=1S/C23H26ClN3O3S2/c1-3-12-27-20-9-6-18(24)15-21(20)31-23(27)25-22(28)17-4-7-19(8-5-17)32(29,30)26-13-10-16(2)11-14-26/h4-9,15-16H,3,10-14H2,1-2H3. The van der Waals surface area contributed by atoms with Gasteiger partial charge in [0.15, 0.2) is 4.80 Å². The SMILES string of the molecule is CCCn1c(=NC(=O)c2ccc(S(=O)(=O)N3CCC(C)CC3)cc2)sc2cc(Cl)ccc21. The summed E-state index contributed by atoms with van der Waals surface area (Å²) in [7, 11) is -3.55. The van der Waals surface area contributed by atoms with Crippen LogP contribution in [0.15, 0.2) is 52.4 Å². The van der Waals surface area contributed by atoms with Gasteiger partial charge in [0.05, 0.1) is 15.1 Å². The third-order valence-corrected chi connectivity index (χ3v) is 8.96. The highest BCUT2D eigenvalue weighted by Gasteiger charge is 2.28. The van der Waals surface area contributed by atoms with Crippen LogP contribution in [-0.2, 0) is 16.6 Å². The molecule has 1 aromatic heterocycles. The number of benzene rings is 2. The molecule has 0 spiro atoms. The second kappa shape index (κ2) is 9.47. The van der Waals surface area contributed by atoms with Gasteiger partial charge < -0.3 is 4.57 Å². The second-order valence-corrected chi connectivity index (χ2v) is 11.6. The van der Waals surface area contributed by atoms with E-state index in [1.54, 1.807) is 12.1 Å². The van der Waals surface area contributed by atoms with Gasteiger partial charge in [-0.2, -0.15) is 9.30 Å². The molecule has 3 aromatic rings. The molecule has 0 bridgehead atoms. The Morgan fingerprint density at radius 3 is 2.50 bits per heavy atom. The van der Waals surface area contributed by atoms with Gasteiger partial charge in [-0.15, -0.1) is 0 Å². The van der Waals surface area contributed by atoms with E-state index in [0.717, 1.165) is 36.0 Å². The van der Waals surface area contributed by atoms with Crippen molar-refractivity contribution in [3.8, 4) is 0 Å². The predicted molar refractivity (Wildman–Crippen MR) is 129 cm³/mol. The Balaban J connectivity index is 1.62. The summed E-state index contributed by atoms with van der Waals surface area (Å²) in [6.07, 6.45) is 2.64. The smallest absolute Gasteiger partial charge is 0.279 e. The topological polar surface area (TPSA) is 71.7 Å². The van der Waals surface area contributed by atoms with E-state index in [2.05, 4.69) is 18.8 Å². The maximum absolute atomic E-state index is 12.9. The van der Waals surface area contributed by atoms with Gasteiger partial charge in [-0.1, -0.05) is 36.8 Å². The number of hydrogen-bond acceptors (Lipinski definition) is 4. The highest BCUT2D eigenvalue weighted by molar-refractivity contribution is 7.89. The predicted octanol–water partition coefficient (Wildman–Crippen LogP) is 4.93. The zero-order valence-corrected chi connectivity index (χ0v) is 20.5. The average Bonchev–Trinajstić information content (AvgIpc) is 3.10. The molecule has 9 heteroatoms. The minimum Gasteiger partial charge on any atom is -0.316 e. The van der Waals surface area contributed by atoms with Crippen LogP contribution in [-0.4, -0.2) is 36.3 Å². The van der Waals surface area contributed by atoms with E-state index in [1.807, 2.05) is 22.8 Å². The number of halogens is 1. The summed E-state index contributed by atoms with van der Waals surface area (Å²) < 4.78 is 30.3. The Morgan fingerprint density at radius 2 is 1.84 bits per heavy atom. The molecule has 0 N–H and O–H groups in total. The van der Waals surface area contributed by atoms with Crippen LogP contribution in [0, 0.1) is 5.92 Å². The van der Waals surface area contributed by atoms with Crippen molar-refractivity contribution in [1.29, 1.82) is 0 Å². The van der Waals surface area contributed by atoms with Gasteiger partial charge >= 0.3 is 0 Å². The number of nitrogens with zero attached hydrogens (tertiary/aromatic N) is 3. The summed E-state index contributed by atoms with van der Waals surface area (Å²) in [5.74, 6) is 0.145. The van der Waals surface area contributed by atoms with E-state index in [4.69, 9.17) is 11.6 Å². The summed E-state index contributed by atoms with van der Waals surface area (Å²) in [5, 5.41) is 0.639. The zero-order chi connectivity index (χ0) is 22.9. The number of hydrogen-bond donors (Lipinski definition) is 0. The monoisotopic (exact) mass is 491 g/mol. The van der Waals surface area contributed by atoms with E-state index >= 15 is 0 Å². The molecule has 1 amide bonds. The van der Waals surface area contributed by atoms with E-state index in [0.29, 0.717) is 34.4 Å². The van der Waals surface area contributed by atoms with Crippen molar-refractivity contribution in [1.82, 2.24) is 8.87 Å². The third kappa shape index (κ3) is 4.69. The molecule has 1 aliphatic heterocycles. The minimum absolute atomic E-state index is 0.209. The fourth-order valence-corrected chi connectivity index (χ4v) is 6.67. The highest BCUT2D eigenvalue weighted by atomic mass is 35.5. The van der Waals surface area contributed by atoms with E-state index < -0.39 is 15.9 Å². The molecule has 6 nitrogen and oxygen atoms in total. The second-order valence-electron chi connectivity index (χ2n) is 8.18. The molecule has 2 heterocycles. The molecule has 0 saturated carbocycles. The number of fused-ring (bicyclic) bond motifs is 1. The lowest BCUT2D eigenvalue weighted by Crippen LogP contribution is -2.37. The molecule has 1 fully saturated rings. The Hall–Kier alpha value is -2.00. The first kappa shape index (κ1) is 23.2. The molecule has 0 aliphatic carbocycles. The van der Waals surface area contributed by atoms with Gasteiger partial charge in [-0.05, 0) is 67.6 Å². The van der Waals surface area contributed by atoms with Crippen LogP contribution < -0.4 is 4.80 Å². The van der Waals surface area contributed by atoms with Crippen LogP contribution in [0.2, 0.25) is 5.02 Å². The number of piperidine rings is 1. The number of rotatable bonds is 5. The number of aryl methyl sites for hydroxylation is 1. The maximum atomic E-state index is 12.9. The van der Waals surface area contributed by atoms with Gasteiger partial charge in [0.1, 0.15) is 0 Å². The first-order chi connectivity index (χ1) is 15.3. The molecule has 170 valence electrons. The van der Waals surface area contributed by atoms with Crippen molar-refractivity contribution in [2.45, 2.75) is 44.6 Å².